The summed E-state index contributed by atoms with van der Waals surface area (Å²) in [7, 11) is 0. The van der Waals surface area contributed by atoms with Crippen LogP contribution in [0.1, 0.15) is 0 Å². The molecule has 0 radical (unpaired) electrons. The lowest BCUT2D eigenvalue weighted by Gasteiger charge is -2.10. The zero-order valence-electron chi connectivity index (χ0n) is 8.58. The first-order valence-corrected chi connectivity index (χ1v) is 5.13. The van der Waals surface area contributed by atoms with Gasteiger partial charge in [0.25, 0.3) is 0 Å². The second kappa shape index (κ2) is 4.59. The van der Waals surface area contributed by atoms with E-state index in [1.165, 1.54) is 18.2 Å². The molecule has 2 aromatic rings. The van der Waals surface area contributed by atoms with Crippen molar-refractivity contribution in [1.29, 1.82) is 0 Å². The molecule has 0 amide bonds. The minimum atomic E-state index is -1.06. The highest BCUT2D eigenvalue weighted by atomic mass is 35.5. The quantitative estimate of drug-likeness (QED) is 0.824. The van der Waals surface area contributed by atoms with Gasteiger partial charge in [-0.1, -0.05) is 23.7 Å². The molecule has 2 nitrogen and oxygen atoms in total. The molecule has 0 fully saturated rings. The van der Waals surface area contributed by atoms with Crippen LogP contribution in [0.25, 0.3) is 0 Å². The number of rotatable bonds is 2. The average molecular weight is 256 g/mol. The molecule has 0 saturated carbocycles. The summed E-state index contributed by atoms with van der Waals surface area (Å²) < 4.78 is 31.5. The van der Waals surface area contributed by atoms with E-state index in [2.05, 4.69) is 0 Å². The highest BCUT2D eigenvalue weighted by Crippen LogP contribution is 2.33. The van der Waals surface area contributed by atoms with Crippen LogP contribution in [0.4, 0.5) is 14.5 Å². The van der Waals surface area contributed by atoms with Crippen molar-refractivity contribution in [3.63, 3.8) is 0 Å². The Morgan fingerprint density at radius 1 is 1.00 bits per heavy atom. The summed E-state index contributed by atoms with van der Waals surface area (Å²) in [5.41, 5.74) is 5.82. The van der Waals surface area contributed by atoms with Gasteiger partial charge in [-0.05, 0) is 24.3 Å². The lowest BCUT2D eigenvalue weighted by molar-refractivity contribution is 0.417. The molecule has 0 aromatic heterocycles. The van der Waals surface area contributed by atoms with Crippen molar-refractivity contribution in [2.45, 2.75) is 0 Å². The Labute approximate surface area is 102 Å². The van der Waals surface area contributed by atoms with Crippen molar-refractivity contribution in [1.82, 2.24) is 0 Å². The minimum absolute atomic E-state index is 0.179. The molecule has 0 aliphatic rings. The van der Waals surface area contributed by atoms with Crippen LogP contribution in [0, 0.1) is 11.6 Å². The van der Waals surface area contributed by atoms with Gasteiger partial charge in [-0.25, -0.2) is 4.39 Å². The molecular weight excluding hydrogens is 248 g/mol. The zero-order valence-corrected chi connectivity index (χ0v) is 9.34. The number of anilines is 1. The monoisotopic (exact) mass is 255 g/mol. The smallest absolute Gasteiger partial charge is 0.201 e. The predicted octanol–water partition coefficient (Wildman–Crippen LogP) is 3.99. The van der Waals surface area contributed by atoms with Crippen molar-refractivity contribution in [2.75, 3.05) is 5.73 Å². The van der Waals surface area contributed by atoms with E-state index < -0.39 is 11.6 Å². The number of para-hydroxylation sites is 1. The highest BCUT2D eigenvalue weighted by molar-refractivity contribution is 6.33. The molecule has 0 aliphatic heterocycles. The molecule has 2 rings (SSSR count). The van der Waals surface area contributed by atoms with Gasteiger partial charge >= 0.3 is 0 Å². The van der Waals surface area contributed by atoms with Crippen molar-refractivity contribution in [3.05, 3.63) is 53.1 Å². The molecule has 0 atom stereocenters. The fourth-order valence-corrected chi connectivity index (χ4v) is 1.45. The first-order valence-electron chi connectivity index (χ1n) is 4.75. The normalized spacial score (nSPS) is 10.3. The molecule has 2 N–H and O–H groups in total. The van der Waals surface area contributed by atoms with Crippen molar-refractivity contribution in [2.24, 2.45) is 0 Å². The van der Waals surface area contributed by atoms with Gasteiger partial charge in [0.2, 0.25) is 5.82 Å². The van der Waals surface area contributed by atoms with Gasteiger partial charge in [0.05, 0.1) is 10.7 Å². The minimum Gasteiger partial charge on any atom is -0.452 e. The first kappa shape index (κ1) is 11.7. The molecule has 0 unspecified atom stereocenters. The standard InChI is InChI=1S/C12H8ClF2NO/c13-7-3-1-6-10(12(7)16)17-9-5-2-4-8(14)11(9)15/h1-6H,16H2. The topological polar surface area (TPSA) is 35.2 Å². The molecule has 0 heterocycles. The van der Waals surface area contributed by atoms with Crippen molar-refractivity contribution < 1.29 is 13.5 Å². The zero-order chi connectivity index (χ0) is 12.4. The summed E-state index contributed by atoms with van der Waals surface area (Å²) in [5, 5.41) is 0.291. The second-order valence-corrected chi connectivity index (χ2v) is 3.71. The number of halogens is 3. The van der Waals surface area contributed by atoms with Crippen LogP contribution in [0.2, 0.25) is 5.02 Å². The number of hydrogen-bond donors (Lipinski definition) is 1. The summed E-state index contributed by atoms with van der Waals surface area (Å²) in [6.45, 7) is 0. The molecule has 88 valence electrons. The van der Waals surface area contributed by atoms with E-state index in [-0.39, 0.29) is 17.2 Å². The molecule has 5 heteroatoms. The molecule has 0 aliphatic carbocycles. The lowest BCUT2D eigenvalue weighted by atomic mass is 10.3. The Morgan fingerprint density at radius 3 is 2.41 bits per heavy atom. The van der Waals surface area contributed by atoms with Gasteiger partial charge in [0.15, 0.2) is 17.3 Å². The van der Waals surface area contributed by atoms with Crippen LogP contribution >= 0.6 is 11.6 Å². The van der Waals surface area contributed by atoms with Crippen LogP contribution in [-0.2, 0) is 0 Å². The Bertz CT molecular complexity index is 511. The van der Waals surface area contributed by atoms with E-state index >= 15 is 0 Å². The maximum absolute atomic E-state index is 13.3. The van der Waals surface area contributed by atoms with E-state index in [1.807, 2.05) is 0 Å². The van der Waals surface area contributed by atoms with Crippen LogP contribution in [-0.4, -0.2) is 0 Å². The third kappa shape index (κ3) is 2.31. The highest BCUT2D eigenvalue weighted by Gasteiger charge is 2.11. The molecule has 2 aromatic carbocycles. The van der Waals surface area contributed by atoms with Gasteiger partial charge in [0, 0.05) is 0 Å². The number of ether oxygens (including phenoxy) is 1. The maximum atomic E-state index is 13.3. The lowest BCUT2D eigenvalue weighted by Crippen LogP contribution is -1.95. The molecule has 0 saturated heterocycles. The van der Waals surface area contributed by atoms with Gasteiger partial charge in [-0.2, -0.15) is 4.39 Å². The predicted molar refractivity (Wildman–Crippen MR) is 62.3 cm³/mol. The Morgan fingerprint density at radius 2 is 1.65 bits per heavy atom. The van der Waals surface area contributed by atoms with Crippen molar-refractivity contribution in [3.8, 4) is 11.5 Å². The average Bonchev–Trinajstić information content (AvgIpc) is 2.31. The summed E-state index contributed by atoms with van der Waals surface area (Å²) in [6, 6.07) is 8.35. The fourth-order valence-electron chi connectivity index (χ4n) is 1.29. The molecule has 17 heavy (non-hydrogen) atoms. The summed E-state index contributed by atoms with van der Waals surface area (Å²) in [6.07, 6.45) is 0. The van der Waals surface area contributed by atoms with E-state index in [9.17, 15) is 8.78 Å². The Balaban J connectivity index is 2.38. The van der Waals surface area contributed by atoms with E-state index in [0.717, 1.165) is 6.07 Å². The third-order valence-electron chi connectivity index (χ3n) is 2.15. The fraction of sp³-hybridized carbons (Fsp3) is 0. The van der Waals surface area contributed by atoms with Crippen LogP contribution in [0.15, 0.2) is 36.4 Å². The summed E-state index contributed by atoms with van der Waals surface area (Å²) in [5.74, 6) is -2.10. The third-order valence-corrected chi connectivity index (χ3v) is 2.48. The van der Waals surface area contributed by atoms with Gasteiger partial charge < -0.3 is 10.5 Å². The number of benzene rings is 2. The van der Waals surface area contributed by atoms with Gasteiger partial charge in [-0.3, -0.25) is 0 Å². The molecular formula is C12H8ClF2NO. The van der Waals surface area contributed by atoms with Crippen molar-refractivity contribution >= 4 is 17.3 Å². The van der Waals surface area contributed by atoms with Crippen LogP contribution in [0.3, 0.4) is 0 Å². The summed E-state index contributed by atoms with van der Waals surface area (Å²) in [4.78, 5) is 0. The summed E-state index contributed by atoms with van der Waals surface area (Å²) >= 11 is 5.78. The Hall–Kier alpha value is -1.81. The van der Waals surface area contributed by atoms with Crippen LogP contribution < -0.4 is 10.5 Å². The van der Waals surface area contributed by atoms with E-state index in [4.69, 9.17) is 22.1 Å². The molecule has 0 spiro atoms. The number of nitrogens with two attached hydrogens (primary N) is 1. The second-order valence-electron chi connectivity index (χ2n) is 3.31. The van der Waals surface area contributed by atoms with E-state index in [0.29, 0.717) is 5.02 Å². The first-order chi connectivity index (χ1) is 8.09. The van der Waals surface area contributed by atoms with Gasteiger partial charge in [-0.15, -0.1) is 0 Å². The molecule has 0 bridgehead atoms. The maximum Gasteiger partial charge on any atom is 0.201 e. The van der Waals surface area contributed by atoms with Gasteiger partial charge in [0.1, 0.15) is 0 Å². The largest absolute Gasteiger partial charge is 0.452 e. The number of nitrogen functional groups attached to an aromatic ring is 1. The van der Waals surface area contributed by atoms with E-state index in [1.54, 1.807) is 12.1 Å². The number of hydrogen-bond acceptors (Lipinski definition) is 2. The SMILES string of the molecule is Nc1c(Cl)cccc1Oc1cccc(F)c1F. The van der Waals surface area contributed by atoms with Crippen LogP contribution in [0.5, 0.6) is 11.5 Å². The Kier molecular flexibility index (Phi) is 3.15.